The maximum Gasteiger partial charge on any atom is 0.307 e. The van der Waals surface area contributed by atoms with Crippen LogP contribution in [0.15, 0.2) is 29.0 Å². The third kappa shape index (κ3) is 1.47. The van der Waals surface area contributed by atoms with Crippen LogP contribution in [0.1, 0.15) is 6.42 Å². The number of fused-ring (bicyclic) bond motifs is 1. The molecule has 68 valence electrons. The number of nitrogens with zero attached hydrogens (tertiary/aromatic N) is 1. The fourth-order valence-electron chi connectivity index (χ4n) is 1.52. The lowest BCUT2D eigenvalue weighted by molar-refractivity contribution is -0.136. The third-order valence-corrected chi connectivity index (χ3v) is 2.12. The Morgan fingerprint density at radius 2 is 2.54 bits per heavy atom. The fourth-order valence-corrected chi connectivity index (χ4v) is 1.52. The Morgan fingerprint density at radius 1 is 1.69 bits per heavy atom. The smallest absolute Gasteiger partial charge is 0.307 e. The van der Waals surface area contributed by atoms with Crippen LogP contribution in [-0.4, -0.2) is 23.4 Å². The summed E-state index contributed by atoms with van der Waals surface area (Å²) in [6.45, 7) is 0. The van der Waals surface area contributed by atoms with Crippen molar-refractivity contribution >= 4 is 12.2 Å². The van der Waals surface area contributed by atoms with Crippen LogP contribution in [0.2, 0.25) is 0 Å². The minimum atomic E-state index is -0.837. The summed E-state index contributed by atoms with van der Waals surface area (Å²) >= 11 is 0. The van der Waals surface area contributed by atoms with Crippen LogP contribution in [0.3, 0.4) is 0 Å². The molecule has 0 saturated carbocycles. The molecule has 2 unspecified atom stereocenters. The van der Waals surface area contributed by atoms with Crippen molar-refractivity contribution in [1.82, 2.24) is 0 Å². The van der Waals surface area contributed by atoms with E-state index in [9.17, 15) is 4.79 Å². The Labute approximate surface area is 75.2 Å². The monoisotopic (exact) mass is 179 g/mol. The predicted octanol–water partition coefficient (Wildman–Crippen LogP) is 0.958. The van der Waals surface area contributed by atoms with Crippen LogP contribution in [0.25, 0.3) is 0 Å². The number of carboxylic acids is 1. The van der Waals surface area contributed by atoms with Gasteiger partial charge in [0.15, 0.2) is 6.10 Å². The normalized spacial score (nSPS) is 29.4. The molecule has 0 aromatic heterocycles. The van der Waals surface area contributed by atoms with Crippen LogP contribution in [0, 0.1) is 5.92 Å². The van der Waals surface area contributed by atoms with Crippen molar-refractivity contribution in [3.63, 3.8) is 0 Å². The van der Waals surface area contributed by atoms with Crippen molar-refractivity contribution in [3.8, 4) is 0 Å². The van der Waals surface area contributed by atoms with E-state index in [-0.39, 0.29) is 18.4 Å². The van der Waals surface area contributed by atoms with Gasteiger partial charge in [-0.05, 0) is 5.57 Å². The lowest BCUT2D eigenvalue weighted by atomic mass is 9.90. The maximum absolute atomic E-state index is 10.5. The molecular formula is C9H9NO3. The van der Waals surface area contributed by atoms with E-state index in [0.29, 0.717) is 0 Å². The molecule has 2 rings (SSSR count). The summed E-state index contributed by atoms with van der Waals surface area (Å²) in [4.78, 5) is 15.6. The van der Waals surface area contributed by atoms with Gasteiger partial charge in [-0.3, -0.25) is 4.79 Å². The van der Waals surface area contributed by atoms with Crippen molar-refractivity contribution < 1.29 is 14.7 Å². The SMILES string of the molecule is O=C(O)CC1=CC=CC2C=NOC12. The zero-order valence-electron chi connectivity index (χ0n) is 6.88. The molecule has 0 spiro atoms. The molecule has 4 heteroatoms. The Hall–Kier alpha value is -1.58. The van der Waals surface area contributed by atoms with E-state index in [1.165, 1.54) is 0 Å². The van der Waals surface area contributed by atoms with Gasteiger partial charge in [-0.25, -0.2) is 0 Å². The summed E-state index contributed by atoms with van der Waals surface area (Å²) in [7, 11) is 0. The third-order valence-electron chi connectivity index (χ3n) is 2.12. The molecule has 0 saturated heterocycles. The highest BCUT2D eigenvalue weighted by atomic mass is 16.6. The summed E-state index contributed by atoms with van der Waals surface area (Å²) in [5.74, 6) is -0.727. The van der Waals surface area contributed by atoms with E-state index in [4.69, 9.17) is 9.94 Å². The minimum absolute atomic E-state index is 0.0227. The number of allylic oxidation sites excluding steroid dienone is 2. The van der Waals surface area contributed by atoms with Crippen molar-refractivity contribution in [1.29, 1.82) is 0 Å². The molecule has 1 aliphatic heterocycles. The van der Waals surface area contributed by atoms with Gasteiger partial charge in [-0.2, -0.15) is 0 Å². The molecule has 2 aliphatic rings. The van der Waals surface area contributed by atoms with Gasteiger partial charge in [0.05, 0.1) is 18.6 Å². The first-order valence-electron chi connectivity index (χ1n) is 4.06. The summed E-state index contributed by atoms with van der Waals surface area (Å²) in [5, 5.41) is 12.3. The van der Waals surface area contributed by atoms with Gasteiger partial charge in [0, 0.05) is 0 Å². The molecule has 4 nitrogen and oxygen atoms in total. The van der Waals surface area contributed by atoms with Gasteiger partial charge in [0.25, 0.3) is 0 Å². The zero-order chi connectivity index (χ0) is 9.26. The Kier molecular flexibility index (Phi) is 1.88. The molecular weight excluding hydrogens is 170 g/mol. The number of carboxylic acid groups (broad SMARTS) is 1. The lowest BCUT2D eigenvalue weighted by Gasteiger charge is -2.18. The van der Waals surface area contributed by atoms with Crippen LogP contribution in [-0.2, 0) is 9.63 Å². The van der Waals surface area contributed by atoms with Gasteiger partial charge in [0.2, 0.25) is 0 Å². The van der Waals surface area contributed by atoms with E-state index in [2.05, 4.69) is 5.16 Å². The predicted molar refractivity (Wildman–Crippen MR) is 46.3 cm³/mol. The maximum atomic E-state index is 10.5. The van der Waals surface area contributed by atoms with Gasteiger partial charge >= 0.3 is 5.97 Å². The molecule has 0 fully saturated rings. The molecule has 0 radical (unpaired) electrons. The first-order valence-corrected chi connectivity index (χ1v) is 4.06. The first-order chi connectivity index (χ1) is 6.27. The molecule has 0 aromatic rings. The highest BCUT2D eigenvalue weighted by Crippen LogP contribution is 2.27. The fraction of sp³-hybridized carbons (Fsp3) is 0.333. The second kappa shape index (κ2) is 3.05. The van der Waals surface area contributed by atoms with E-state index >= 15 is 0 Å². The molecule has 0 aromatic carbocycles. The molecule has 0 amide bonds. The van der Waals surface area contributed by atoms with E-state index in [0.717, 1.165) is 5.57 Å². The highest BCUT2D eigenvalue weighted by molar-refractivity contribution is 5.73. The van der Waals surface area contributed by atoms with Crippen LogP contribution in [0.4, 0.5) is 0 Å². The van der Waals surface area contributed by atoms with Crippen molar-refractivity contribution in [2.75, 3.05) is 0 Å². The van der Waals surface area contributed by atoms with Gasteiger partial charge < -0.3 is 9.94 Å². The van der Waals surface area contributed by atoms with Crippen molar-refractivity contribution in [2.45, 2.75) is 12.5 Å². The number of rotatable bonds is 2. The minimum Gasteiger partial charge on any atom is -0.481 e. The molecule has 2 atom stereocenters. The van der Waals surface area contributed by atoms with E-state index < -0.39 is 5.97 Å². The summed E-state index contributed by atoms with van der Waals surface area (Å²) < 4.78 is 0. The van der Waals surface area contributed by atoms with Crippen LogP contribution in [0.5, 0.6) is 0 Å². The topological polar surface area (TPSA) is 58.9 Å². The Morgan fingerprint density at radius 3 is 3.31 bits per heavy atom. The average Bonchev–Trinajstić information content (AvgIpc) is 2.51. The standard InChI is InChI=1S/C9H9NO3/c11-8(12)4-6-2-1-3-7-5-10-13-9(6)7/h1-3,5,7,9H,4H2,(H,11,12). The molecule has 1 N–H and O–H groups in total. The molecule has 1 heterocycles. The van der Waals surface area contributed by atoms with Crippen LogP contribution >= 0.6 is 0 Å². The Balaban J connectivity index is 2.14. The van der Waals surface area contributed by atoms with E-state index in [1.807, 2.05) is 12.2 Å². The van der Waals surface area contributed by atoms with Gasteiger partial charge in [-0.1, -0.05) is 23.4 Å². The Bertz CT molecular complexity index is 317. The molecule has 0 bridgehead atoms. The zero-order valence-corrected chi connectivity index (χ0v) is 6.88. The number of oxime groups is 1. The van der Waals surface area contributed by atoms with Crippen molar-refractivity contribution in [3.05, 3.63) is 23.8 Å². The number of hydrogen-bond donors (Lipinski definition) is 1. The number of aliphatic carboxylic acids is 1. The second-order valence-electron chi connectivity index (χ2n) is 3.05. The van der Waals surface area contributed by atoms with Crippen molar-refractivity contribution in [2.24, 2.45) is 11.1 Å². The van der Waals surface area contributed by atoms with Gasteiger partial charge in [-0.15, -0.1) is 0 Å². The largest absolute Gasteiger partial charge is 0.481 e. The van der Waals surface area contributed by atoms with E-state index in [1.54, 1.807) is 12.3 Å². The van der Waals surface area contributed by atoms with Crippen LogP contribution < -0.4 is 0 Å². The second-order valence-corrected chi connectivity index (χ2v) is 3.05. The molecule has 13 heavy (non-hydrogen) atoms. The average molecular weight is 179 g/mol. The summed E-state index contributed by atoms with van der Waals surface area (Å²) in [5.41, 5.74) is 0.775. The first kappa shape index (κ1) is 8.04. The van der Waals surface area contributed by atoms with Gasteiger partial charge in [0.1, 0.15) is 0 Å². The number of carbonyl (C=O) groups is 1. The quantitative estimate of drug-likeness (QED) is 0.686. The highest BCUT2D eigenvalue weighted by Gasteiger charge is 2.30. The lowest BCUT2D eigenvalue weighted by Crippen LogP contribution is -2.23. The summed E-state index contributed by atoms with van der Waals surface area (Å²) in [6.07, 6.45) is 7.10. The number of hydrogen-bond acceptors (Lipinski definition) is 3. The molecule has 1 aliphatic carbocycles. The summed E-state index contributed by atoms with van der Waals surface area (Å²) in [6, 6.07) is 0.